The molecule has 0 unspecified atom stereocenters. The van der Waals surface area contributed by atoms with Crippen LogP contribution in [0.4, 0.5) is 0 Å². The molecule has 0 aliphatic heterocycles. The highest BCUT2D eigenvalue weighted by molar-refractivity contribution is 5.94. The second-order valence-electron chi connectivity index (χ2n) is 6.19. The van der Waals surface area contributed by atoms with Crippen molar-refractivity contribution in [2.75, 3.05) is 13.7 Å². The maximum Gasteiger partial charge on any atom is 0.258 e. The van der Waals surface area contributed by atoms with Gasteiger partial charge in [0.1, 0.15) is 11.3 Å². The van der Waals surface area contributed by atoms with E-state index in [0.717, 1.165) is 11.0 Å². The zero-order valence-corrected chi connectivity index (χ0v) is 15.4. The van der Waals surface area contributed by atoms with Gasteiger partial charge in [0.05, 0.1) is 13.2 Å². The Morgan fingerprint density at radius 1 is 1.11 bits per heavy atom. The Morgan fingerprint density at radius 3 is 2.59 bits per heavy atom. The van der Waals surface area contributed by atoms with Crippen LogP contribution in [0.5, 0.6) is 11.5 Å². The molecule has 6 nitrogen and oxygen atoms in total. The van der Waals surface area contributed by atoms with Gasteiger partial charge in [-0.25, -0.2) is 0 Å². The van der Waals surface area contributed by atoms with Crippen LogP contribution in [0.3, 0.4) is 0 Å². The maximum atomic E-state index is 12.2. The molecule has 0 bridgehead atoms. The minimum Gasteiger partial charge on any atom is -0.493 e. The molecule has 1 aromatic heterocycles. The smallest absolute Gasteiger partial charge is 0.258 e. The number of para-hydroxylation sites is 1. The monoisotopic (exact) mass is 367 g/mol. The summed E-state index contributed by atoms with van der Waals surface area (Å²) in [5.74, 6) is 1.11. The van der Waals surface area contributed by atoms with E-state index in [4.69, 9.17) is 13.9 Å². The van der Waals surface area contributed by atoms with E-state index in [-0.39, 0.29) is 24.3 Å². The van der Waals surface area contributed by atoms with Crippen LogP contribution in [0.15, 0.2) is 52.9 Å². The van der Waals surface area contributed by atoms with Crippen LogP contribution in [0.1, 0.15) is 36.0 Å². The summed E-state index contributed by atoms with van der Waals surface area (Å²) in [6.45, 7) is 3.14. The van der Waals surface area contributed by atoms with Crippen molar-refractivity contribution in [1.82, 2.24) is 5.32 Å². The Labute approximate surface area is 157 Å². The first-order valence-corrected chi connectivity index (χ1v) is 8.57. The second-order valence-corrected chi connectivity index (χ2v) is 6.19. The van der Waals surface area contributed by atoms with Crippen molar-refractivity contribution in [2.45, 2.75) is 19.9 Å². The van der Waals surface area contributed by atoms with Crippen molar-refractivity contribution < 1.29 is 23.5 Å². The molecule has 140 valence electrons. The van der Waals surface area contributed by atoms with E-state index < -0.39 is 0 Å². The summed E-state index contributed by atoms with van der Waals surface area (Å²) in [6, 6.07) is 14.1. The van der Waals surface area contributed by atoms with Gasteiger partial charge in [-0.2, -0.15) is 0 Å². The summed E-state index contributed by atoms with van der Waals surface area (Å²) in [4.78, 5) is 23.7. The van der Waals surface area contributed by atoms with Crippen LogP contribution in [-0.4, -0.2) is 25.4 Å². The van der Waals surface area contributed by atoms with Crippen molar-refractivity contribution in [3.05, 3.63) is 59.9 Å². The van der Waals surface area contributed by atoms with Gasteiger partial charge in [0.2, 0.25) is 0 Å². The molecule has 0 fully saturated rings. The molecule has 3 rings (SSSR count). The number of methoxy groups -OCH3 is 1. The lowest BCUT2D eigenvalue weighted by atomic mass is 10.1. The predicted molar refractivity (Wildman–Crippen MR) is 101 cm³/mol. The van der Waals surface area contributed by atoms with E-state index in [1.807, 2.05) is 37.3 Å². The van der Waals surface area contributed by atoms with Crippen LogP contribution >= 0.6 is 0 Å². The molecule has 0 aliphatic carbocycles. The minimum absolute atomic E-state index is 0.0720. The first-order chi connectivity index (χ1) is 13.0. The number of furan rings is 1. The lowest BCUT2D eigenvalue weighted by Crippen LogP contribution is -2.31. The Morgan fingerprint density at radius 2 is 1.89 bits per heavy atom. The van der Waals surface area contributed by atoms with Gasteiger partial charge in [-0.15, -0.1) is 0 Å². The SMILES string of the molecule is COc1cc(C(C)=O)ccc1OCC(=O)N[C@@H](C)c1cc2ccccc2o1. The molecule has 0 radical (unpaired) electrons. The normalized spacial score (nSPS) is 11.8. The van der Waals surface area contributed by atoms with Crippen molar-refractivity contribution in [2.24, 2.45) is 0 Å². The molecule has 2 aromatic carbocycles. The number of carbonyl (C=O) groups is 2. The highest BCUT2D eigenvalue weighted by Crippen LogP contribution is 2.28. The van der Waals surface area contributed by atoms with E-state index in [0.29, 0.717) is 22.8 Å². The van der Waals surface area contributed by atoms with Crippen LogP contribution in [-0.2, 0) is 4.79 Å². The van der Waals surface area contributed by atoms with Gasteiger partial charge in [-0.1, -0.05) is 18.2 Å². The van der Waals surface area contributed by atoms with Gasteiger partial charge in [0.25, 0.3) is 5.91 Å². The largest absolute Gasteiger partial charge is 0.493 e. The third-order valence-electron chi connectivity index (χ3n) is 4.18. The van der Waals surface area contributed by atoms with Gasteiger partial charge >= 0.3 is 0 Å². The average molecular weight is 367 g/mol. The van der Waals surface area contributed by atoms with E-state index in [2.05, 4.69) is 5.32 Å². The quantitative estimate of drug-likeness (QED) is 0.641. The molecular weight excluding hydrogens is 346 g/mol. The number of Topliss-reactive ketones (excluding diaryl/α,β-unsaturated/α-hetero) is 1. The number of benzene rings is 2. The Kier molecular flexibility index (Phi) is 5.45. The summed E-state index contributed by atoms with van der Waals surface area (Å²) < 4.78 is 16.5. The Hall–Kier alpha value is -3.28. The topological polar surface area (TPSA) is 77.8 Å². The number of hydrogen-bond acceptors (Lipinski definition) is 5. The van der Waals surface area contributed by atoms with Crippen LogP contribution in [0.2, 0.25) is 0 Å². The van der Waals surface area contributed by atoms with Crippen molar-refractivity contribution in [1.29, 1.82) is 0 Å². The average Bonchev–Trinajstić information content (AvgIpc) is 3.10. The fraction of sp³-hybridized carbons (Fsp3) is 0.238. The molecule has 0 spiro atoms. The number of ether oxygens (including phenoxy) is 2. The fourth-order valence-electron chi connectivity index (χ4n) is 2.72. The van der Waals surface area contributed by atoms with Crippen molar-refractivity contribution in [3.63, 3.8) is 0 Å². The molecule has 0 saturated carbocycles. The molecule has 3 aromatic rings. The Bertz CT molecular complexity index is 943. The van der Waals surface area contributed by atoms with Crippen LogP contribution < -0.4 is 14.8 Å². The Balaban J connectivity index is 1.61. The number of carbonyl (C=O) groups excluding carboxylic acids is 2. The van der Waals surface area contributed by atoms with Crippen LogP contribution in [0, 0.1) is 0 Å². The fourth-order valence-corrected chi connectivity index (χ4v) is 2.72. The van der Waals surface area contributed by atoms with Gasteiger partial charge in [-0.3, -0.25) is 9.59 Å². The van der Waals surface area contributed by atoms with Crippen molar-refractivity contribution in [3.8, 4) is 11.5 Å². The van der Waals surface area contributed by atoms with Crippen molar-refractivity contribution >= 4 is 22.7 Å². The van der Waals surface area contributed by atoms with E-state index in [9.17, 15) is 9.59 Å². The first kappa shape index (κ1) is 18.5. The third kappa shape index (κ3) is 4.28. The number of rotatable bonds is 7. The van der Waals surface area contributed by atoms with Gasteiger partial charge < -0.3 is 19.2 Å². The summed E-state index contributed by atoms with van der Waals surface area (Å²) in [5, 5.41) is 3.83. The molecule has 1 atom stereocenters. The second kappa shape index (κ2) is 7.95. The maximum absolute atomic E-state index is 12.2. The molecule has 0 aliphatic rings. The molecule has 6 heteroatoms. The van der Waals surface area contributed by atoms with Gasteiger partial charge in [0.15, 0.2) is 23.9 Å². The molecule has 1 amide bonds. The summed E-state index contributed by atoms with van der Waals surface area (Å²) >= 11 is 0. The summed E-state index contributed by atoms with van der Waals surface area (Å²) in [6.07, 6.45) is 0. The minimum atomic E-state index is -0.296. The molecule has 27 heavy (non-hydrogen) atoms. The van der Waals surface area contributed by atoms with E-state index in [1.165, 1.54) is 14.0 Å². The molecular formula is C21H21NO5. The van der Waals surface area contributed by atoms with Crippen LogP contribution in [0.25, 0.3) is 11.0 Å². The van der Waals surface area contributed by atoms with E-state index in [1.54, 1.807) is 18.2 Å². The predicted octanol–water partition coefficient (Wildman–Crippen LogP) is 3.90. The molecule has 0 saturated heterocycles. The number of fused-ring (bicyclic) bond motifs is 1. The lowest BCUT2D eigenvalue weighted by molar-refractivity contribution is -0.123. The standard InChI is InChI=1S/C21H21NO5/c1-13(19-11-16-6-4-5-7-17(16)27-19)22-21(24)12-26-18-9-8-15(14(2)23)10-20(18)25-3/h4-11,13H,12H2,1-3H3,(H,22,24)/t13-/m0/s1. The zero-order chi connectivity index (χ0) is 19.4. The third-order valence-corrected chi connectivity index (χ3v) is 4.18. The zero-order valence-electron chi connectivity index (χ0n) is 15.4. The number of amides is 1. The molecule has 1 heterocycles. The first-order valence-electron chi connectivity index (χ1n) is 8.57. The van der Waals surface area contributed by atoms with Gasteiger partial charge in [0, 0.05) is 10.9 Å². The van der Waals surface area contributed by atoms with E-state index >= 15 is 0 Å². The summed E-state index contributed by atoms with van der Waals surface area (Å²) in [5.41, 5.74) is 1.29. The van der Waals surface area contributed by atoms with Gasteiger partial charge in [-0.05, 0) is 44.2 Å². The number of nitrogens with one attached hydrogen (secondary N) is 1. The highest BCUT2D eigenvalue weighted by Gasteiger charge is 2.15. The number of hydrogen-bond donors (Lipinski definition) is 1. The molecule has 1 N–H and O–H groups in total. The lowest BCUT2D eigenvalue weighted by Gasteiger charge is -2.14. The highest BCUT2D eigenvalue weighted by atomic mass is 16.5. The summed E-state index contributed by atoms with van der Waals surface area (Å²) in [7, 11) is 1.48. The number of ketones is 1.